The molecule has 3 rings (SSSR count). The highest BCUT2D eigenvalue weighted by Gasteiger charge is 2.49. The fourth-order valence-electron chi connectivity index (χ4n) is 2.90. The number of urea groups is 1. The molecule has 1 aromatic carbocycles. The van der Waals surface area contributed by atoms with E-state index in [2.05, 4.69) is 5.32 Å². The van der Waals surface area contributed by atoms with Gasteiger partial charge in [0.25, 0.3) is 5.91 Å². The molecular formula is C18H19N3O3. The number of nitrogens with one attached hydrogen (secondary N) is 1. The van der Waals surface area contributed by atoms with Gasteiger partial charge >= 0.3 is 6.03 Å². The van der Waals surface area contributed by atoms with Gasteiger partial charge in [0, 0.05) is 13.2 Å². The average molecular weight is 325 g/mol. The van der Waals surface area contributed by atoms with E-state index in [1.807, 2.05) is 31.2 Å². The van der Waals surface area contributed by atoms with Crippen molar-refractivity contribution in [2.45, 2.75) is 19.4 Å². The van der Waals surface area contributed by atoms with E-state index in [4.69, 9.17) is 0 Å². The first-order valence-electron chi connectivity index (χ1n) is 7.69. The predicted molar refractivity (Wildman–Crippen MR) is 88.5 cm³/mol. The number of nitrogens with zero attached hydrogens (tertiary/aromatic N) is 2. The van der Waals surface area contributed by atoms with Gasteiger partial charge in [0.2, 0.25) is 0 Å². The molecule has 2 heterocycles. The summed E-state index contributed by atoms with van der Waals surface area (Å²) >= 11 is 0. The number of amides is 3. The standard InChI is InChI=1S/C18H19N3O3/c1-12-6-8-13(9-7-12)18(2)16(23)21(17(24)19-18)11-15(22)14-5-4-10-20(14)3/h4-10H,11H2,1-3H3,(H,19,24). The Bertz CT molecular complexity index is 822. The van der Waals surface area contributed by atoms with Crippen LogP contribution in [0.15, 0.2) is 42.6 Å². The third-order valence-corrected chi connectivity index (χ3v) is 4.44. The van der Waals surface area contributed by atoms with Gasteiger partial charge in [-0.25, -0.2) is 4.79 Å². The minimum absolute atomic E-state index is 0.274. The van der Waals surface area contributed by atoms with Gasteiger partial charge in [0.15, 0.2) is 5.78 Å². The highest BCUT2D eigenvalue weighted by molar-refractivity contribution is 6.11. The Morgan fingerprint density at radius 2 is 1.83 bits per heavy atom. The highest BCUT2D eigenvalue weighted by Crippen LogP contribution is 2.29. The van der Waals surface area contributed by atoms with Crippen LogP contribution in [0, 0.1) is 6.92 Å². The van der Waals surface area contributed by atoms with E-state index in [9.17, 15) is 14.4 Å². The maximum absolute atomic E-state index is 12.8. The summed E-state index contributed by atoms with van der Waals surface area (Å²) in [5.74, 6) is -0.696. The van der Waals surface area contributed by atoms with Gasteiger partial charge in [0.1, 0.15) is 5.54 Å². The maximum atomic E-state index is 12.8. The molecule has 3 amide bonds. The fraction of sp³-hybridized carbons (Fsp3) is 0.278. The van der Waals surface area contributed by atoms with Gasteiger partial charge in [-0.05, 0) is 31.5 Å². The first-order valence-corrected chi connectivity index (χ1v) is 7.69. The van der Waals surface area contributed by atoms with Crippen LogP contribution < -0.4 is 5.32 Å². The second-order valence-electron chi connectivity index (χ2n) is 6.24. The molecule has 1 saturated heterocycles. The number of Topliss-reactive ketones (excluding diaryl/α,β-unsaturated/α-hetero) is 1. The van der Waals surface area contributed by atoms with Crippen LogP contribution in [0.4, 0.5) is 4.79 Å². The SMILES string of the molecule is Cc1ccc(C2(C)NC(=O)N(CC(=O)c3cccn3C)C2=O)cc1. The van der Waals surface area contributed by atoms with Crippen LogP contribution in [0.5, 0.6) is 0 Å². The van der Waals surface area contributed by atoms with Crippen LogP contribution in [0.25, 0.3) is 0 Å². The van der Waals surface area contributed by atoms with Crippen molar-refractivity contribution < 1.29 is 14.4 Å². The minimum atomic E-state index is -1.15. The number of aromatic nitrogens is 1. The fourth-order valence-corrected chi connectivity index (χ4v) is 2.90. The van der Waals surface area contributed by atoms with Crippen molar-refractivity contribution in [1.29, 1.82) is 0 Å². The summed E-state index contributed by atoms with van der Waals surface area (Å²) in [5, 5.41) is 2.71. The number of carbonyl (C=O) groups is 3. The molecule has 1 aromatic heterocycles. The maximum Gasteiger partial charge on any atom is 0.325 e. The van der Waals surface area contributed by atoms with Crippen molar-refractivity contribution in [3.8, 4) is 0 Å². The normalized spacial score (nSPS) is 20.4. The zero-order chi connectivity index (χ0) is 17.5. The molecular weight excluding hydrogens is 306 g/mol. The topological polar surface area (TPSA) is 71.4 Å². The van der Waals surface area contributed by atoms with E-state index in [0.717, 1.165) is 10.5 Å². The van der Waals surface area contributed by atoms with Crippen LogP contribution in [0.1, 0.15) is 28.5 Å². The lowest BCUT2D eigenvalue weighted by molar-refractivity contribution is -0.130. The number of aryl methyl sites for hydroxylation is 2. The molecule has 1 N–H and O–H groups in total. The molecule has 0 bridgehead atoms. The summed E-state index contributed by atoms with van der Waals surface area (Å²) < 4.78 is 1.67. The summed E-state index contributed by atoms with van der Waals surface area (Å²) in [6.45, 7) is 3.33. The molecule has 2 aromatic rings. The number of hydrogen-bond donors (Lipinski definition) is 1. The Balaban J connectivity index is 1.85. The van der Waals surface area contributed by atoms with E-state index in [1.165, 1.54) is 0 Å². The smallest absolute Gasteiger partial charge is 0.325 e. The number of hydrogen-bond acceptors (Lipinski definition) is 3. The number of rotatable bonds is 4. The molecule has 1 fully saturated rings. The Kier molecular flexibility index (Phi) is 3.75. The van der Waals surface area contributed by atoms with Gasteiger partial charge in [-0.3, -0.25) is 14.5 Å². The van der Waals surface area contributed by atoms with E-state index < -0.39 is 17.5 Å². The van der Waals surface area contributed by atoms with Gasteiger partial charge in [-0.15, -0.1) is 0 Å². The first-order chi connectivity index (χ1) is 11.3. The number of ketones is 1. The second-order valence-corrected chi connectivity index (χ2v) is 6.24. The summed E-state index contributed by atoms with van der Waals surface area (Å²) in [6, 6.07) is 10.3. The lowest BCUT2D eigenvalue weighted by Crippen LogP contribution is -2.41. The molecule has 24 heavy (non-hydrogen) atoms. The van der Waals surface area contributed by atoms with Crippen LogP contribution in [0.2, 0.25) is 0 Å². The number of imide groups is 1. The quantitative estimate of drug-likeness (QED) is 0.690. The Morgan fingerprint density at radius 1 is 1.17 bits per heavy atom. The molecule has 1 aliphatic rings. The van der Waals surface area contributed by atoms with Crippen molar-refractivity contribution in [2.24, 2.45) is 7.05 Å². The minimum Gasteiger partial charge on any atom is -0.348 e. The van der Waals surface area contributed by atoms with Crippen LogP contribution in [0.3, 0.4) is 0 Å². The Labute approximate surface area is 140 Å². The van der Waals surface area contributed by atoms with Gasteiger partial charge in [-0.1, -0.05) is 29.8 Å². The highest BCUT2D eigenvalue weighted by atomic mass is 16.2. The number of benzene rings is 1. The summed E-state index contributed by atoms with van der Waals surface area (Å²) in [6.07, 6.45) is 1.75. The molecule has 6 nitrogen and oxygen atoms in total. The predicted octanol–water partition coefficient (Wildman–Crippen LogP) is 1.98. The van der Waals surface area contributed by atoms with Gasteiger partial charge in [-0.2, -0.15) is 0 Å². The van der Waals surface area contributed by atoms with Crippen molar-refractivity contribution in [1.82, 2.24) is 14.8 Å². The van der Waals surface area contributed by atoms with Gasteiger partial charge < -0.3 is 9.88 Å². The molecule has 1 unspecified atom stereocenters. The molecule has 1 aliphatic heterocycles. The van der Waals surface area contributed by atoms with Crippen LogP contribution in [-0.4, -0.2) is 33.7 Å². The molecule has 124 valence electrons. The monoisotopic (exact) mass is 325 g/mol. The second kappa shape index (κ2) is 5.63. The first kappa shape index (κ1) is 16.0. The number of carbonyl (C=O) groups excluding carboxylic acids is 3. The average Bonchev–Trinajstić information content (AvgIpc) is 3.05. The molecule has 6 heteroatoms. The van der Waals surface area contributed by atoms with Crippen LogP contribution >= 0.6 is 0 Å². The van der Waals surface area contributed by atoms with Crippen molar-refractivity contribution >= 4 is 17.7 Å². The Hall–Kier alpha value is -2.89. The zero-order valence-electron chi connectivity index (χ0n) is 13.9. The molecule has 0 spiro atoms. The largest absolute Gasteiger partial charge is 0.348 e. The van der Waals surface area contributed by atoms with Crippen molar-refractivity contribution in [2.75, 3.05) is 6.54 Å². The van der Waals surface area contributed by atoms with Crippen molar-refractivity contribution in [3.63, 3.8) is 0 Å². The molecule has 1 atom stereocenters. The molecule has 0 radical (unpaired) electrons. The third-order valence-electron chi connectivity index (χ3n) is 4.44. The summed E-state index contributed by atoms with van der Waals surface area (Å²) in [7, 11) is 1.75. The van der Waals surface area contributed by atoms with Crippen molar-refractivity contribution in [3.05, 3.63) is 59.4 Å². The summed E-state index contributed by atoms with van der Waals surface area (Å²) in [4.78, 5) is 38.4. The van der Waals surface area contributed by atoms with E-state index in [1.54, 1.807) is 36.9 Å². The van der Waals surface area contributed by atoms with E-state index >= 15 is 0 Å². The van der Waals surface area contributed by atoms with Gasteiger partial charge in [0.05, 0.1) is 12.2 Å². The van der Waals surface area contributed by atoms with E-state index in [0.29, 0.717) is 11.3 Å². The zero-order valence-corrected chi connectivity index (χ0v) is 13.9. The van der Waals surface area contributed by atoms with Crippen LogP contribution in [-0.2, 0) is 17.4 Å². The third kappa shape index (κ3) is 2.50. The molecule has 0 saturated carbocycles. The summed E-state index contributed by atoms with van der Waals surface area (Å²) in [5.41, 5.74) is 1.06. The lowest BCUT2D eigenvalue weighted by atomic mass is 9.91. The lowest BCUT2D eigenvalue weighted by Gasteiger charge is -2.22. The molecule has 0 aliphatic carbocycles. The van der Waals surface area contributed by atoms with E-state index in [-0.39, 0.29) is 12.3 Å². The Morgan fingerprint density at radius 3 is 2.42 bits per heavy atom.